The molecule has 0 aliphatic heterocycles. The minimum atomic E-state index is -1.75. The summed E-state index contributed by atoms with van der Waals surface area (Å²) in [5, 5.41) is 0. The van der Waals surface area contributed by atoms with Crippen LogP contribution in [0.5, 0.6) is 0 Å². The molecule has 0 heterocycles. The lowest BCUT2D eigenvalue weighted by Gasteiger charge is -2.39. The summed E-state index contributed by atoms with van der Waals surface area (Å²) in [6, 6.07) is 8.97. The first-order valence-electron chi connectivity index (χ1n) is 7.76. The van der Waals surface area contributed by atoms with E-state index in [1.807, 2.05) is 0 Å². The fraction of sp³-hybridized carbons (Fsp3) is 0.529. The second-order valence-electron chi connectivity index (χ2n) is 6.64. The van der Waals surface area contributed by atoms with Crippen LogP contribution in [-0.2, 0) is 4.46 Å². The van der Waals surface area contributed by atoms with E-state index < -0.39 is 8.84 Å². The van der Waals surface area contributed by atoms with E-state index in [1.54, 1.807) is 0 Å². The van der Waals surface area contributed by atoms with Crippen molar-refractivity contribution < 1.29 is 8.61 Å². The summed E-state index contributed by atoms with van der Waals surface area (Å²) in [7, 11) is 2.62. The van der Waals surface area contributed by atoms with Crippen LogP contribution >= 0.6 is 0 Å². The molecule has 3 heteroatoms. The first kappa shape index (κ1) is 13.9. The number of hydrogen-bond acceptors (Lipinski definition) is 1. The normalized spacial score (nSPS) is 22.8. The van der Waals surface area contributed by atoms with E-state index in [0.717, 1.165) is 0 Å². The lowest BCUT2D eigenvalue weighted by Crippen LogP contribution is -2.57. The van der Waals surface area contributed by atoms with Crippen LogP contribution < -0.4 is 0 Å². The van der Waals surface area contributed by atoms with Crippen LogP contribution in [0.4, 0.5) is 0 Å². The number of allylic oxidation sites excluding steroid dienone is 1. The van der Waals surface area contributed by atoms with E-state index in [9.17, 15) is 4.46 Å². The Hall–Kier alpha value is -1.06. The summed E-state index contributed by atoms with van der Waals surface area (Å²) in [6.45, 7) is 0. The summed E-state index contributed by atoms with van der Waals surface area (Å²) >= 11 is 0. The van der Waals surface area contributed by atoms with Crippen LogP contribution in [0.2, 0.25) is 0 Å². The molecule has 1 saturated carbocycles. The van der Waals surface area contributed by atoms with Crippen LogP contribution in [0, 0.1) is 0 Å². The predicted octanol–water partition coefficient (Wildman–Crippen LogP) is 3.66. The topological polar surface area (TPSA) is 17.1 Å². The molecule has 0 spiro atoms. The van der Waals surface area contributed by atoms with Crippen molar-refractivity contribution in [1.82, 2.24) is 0 Å². The van der Waals surface area contributed by atoms with Crippen LogP contribution in [0.3, 0.4) is 0 Å². The van der Waals surface area contributed by atoms with E-state index >= 15 is 0 Å². The zero-order valence-corrected chi connectivity index (χ0v) is 13.5. The van der Waals surface area contributed by atoms with Gasteiger partial charge < -0.3 is 8.61 Å². The van der Waals surface area contributed by atoms with Gasteiger partial charge in [-0.25, -0.2) is 0 Å². The van der Waals surface area contributed by atoms with E-state index in [0.29, 0.717) is 10.2 Å². The van der Waals surface area contributed by atoms with Crippen molar-refractivity contribution in [3.63, 3.8) is 0 Å². The molecular formula is C17H24NOSi+. The van der Waals surface area contributed by atoms with Gasteiger partial charge in [-0.05, 0) is 36.8 Å². The number of quaternary nitrogens is 1. The lowest BCUT2D eigenvalue weighted by molar-refractivity contribution is -0.817. The minimum Gasteiger partial charge on any atom is -0.330 e. The third kappa shape index (κ3) is 2.33. The Morgan fingerprint density at radius 2 is 1.80 bits per heavy atom. The molecule has 0 amide bonds. The maximum Gasteiger partial charge on any atom is 0.565 e. The number of nitrogens with zero attached hydrogens (tertiary/aromatic N) is 1. The van der Waals surface area contributed by atoms with Crippen molar-refractivity contribution >= 4 is 14.9 Å². The SMILES string of the molecule is C[N+](C)(C1CCCCC1)[Si](=O)[C@H]1C=Cc2ccccc21. The minimum absolute atomic E-state index is 0.133. The number of hydrogen-bond donors (Lipinski definition) is 0. The van der Waals surface area contributed by atoms with Gasteiger partial charge in [-0.2, -0.15) is 0 Å². The second kappa shape index (κ2) is 5.38. The molecule has 0 bridgehead atoms. The lowest BCUT2D eigenvalue weighted by atomic mass is 9.95. The Balaban J connectivity index is 1.84. The van der Waals surface area contributed by atoms with Crippen LogP contribution in [-0.4, -0.2) is 33.1 Å². The fourth-order valence-corrected chi connectivity index (χ4v) is 5.85. The van der Waals surface area contributed by atoms with Crippen LogP contribution in [0.15, 0.2) is 30.3 Å². The molecule has 0 saturated heterocycles. The Labute approximate surface area is 123 Å². The monoisotopic (exact) mass is 286 g/mol. The van der Waals surface area contributed by atoms with Crippen LogP contribution in [0.25, 0.3) is 6.08 Å². The Bertz CT molecular complexity index is 544. The largest absolute Gasteiger partial charge is 0.565 e. The van der Waals surface area contributed by atoms with E-state index in [4.69, 9.17) is 0 Å². The van der Waals surface area contributed by atoms with Gasteiger partial charge in [0.1, 0.15) is 5.54 Å². The van der Waals surface area contributed by atoms with Gasteiger partial charge in [0.05, 0.1) is 20.1 Å². The average molecular weight is 286 g/mol. The smallest absolute Gasteiger partial charge is 0.330 e. The quantitative estimate of drug-likeness (QED) is 0.775. The molecule has 1 aromatic carbocycles. The van der Waals surface area contributed by atoms with Crippen molar-refractivity contribution in [2.24, 2.45) is 0 Å². The molecule has 0 N–H and O–H groups in total. The van der Waals surface area contributed by atoms with Gasteiger partial charge >= 0.3 is 8.84 Å². The van der Waals surface area contributed by atoms with E-state index in [-0.39, 0.29) is 5.54 Å². The predicted molar refractivity (Wildman–Crippen MR) is 83.6 cm³/mol. The van der Waals surface area contributed by atoms with Crippen molar-refractivity contribution in [3.05, 3.63) is 41.5 Å². The van der Waals surface area contributed by atoms with Gasteiger partial charge in [0.15, 0.2) is 0 Å². The molecule has 0 radical (unpaired) electrons. The zero-order chi connectivity index (χ0) is 14.2. The van der Waals surface area contributed by atoms with Crippen molar-refractivity contribution in [3.8, 4) is 0 Å². The standard InChI is InChI=1S/C17H24NOSi/c1-18(2,15-9-4-3-5-10-15)20(19)17-13-12-14-8-6-7-11-16(14)17/h6-8,11-13,15,17H,3-5,9-10H2,1-2H3/q+1/t17-/m0/s1. The molecule has 0 unspecified atom stereocenters. The highest BCUT2D eigenvalue weighted by molar-refractivity contribution is 6.38. The van der Waals surface area contributed by atoms with E-state index in [1.165, 1.54) is 43.2 Å². The van der Waals surface area contributed by atoms with Gasteiger partial charge in [0, 0.05) is 0 Å². The Morgan fingerprint density at radius 3 is 2.55 bits per heavy atom. The van der Waals surface area contributed by atoms with Crippen molar-refractivity contribution in [2.45, 2.75) is 43.7 Å². The fourth-order valence-electron chi connectivity index (χ4n) is 3.73. The molecule has 0 aromatic heterocycles. The maximum atomic E-state index is 13.2. The summed E-state index contributed by atoms with van der Waals surface area (Å²) in [5.41, 5.74) is 2.64. The average Bonchev–Trinajstić information content (AvgIpc) is 2.91. The summed E-state index contributed by atoms with van der Waals surface area (Å²) < 4.78 is 14.0. The Kier molecular flexibility index (Phi) is 3.74. The summed E-state index contributed by atoms with van der Waals surface area (Å²) in [5.74, 6) is 0. The third-order valence-corrected chi connectivity index (χ3v) is 7.66. The van der Waals surface area contributed by atoms with Crippen molar-refractivity contribution in [1.29, 1.82) is 0 Å². The molecular weight excluding hydrogens is 262 g/mol. The van der Waals surface area contributed by atoms with Gasteiger partial charge in [0.2, 0.25) is 0 Å². The molecule has 106 valence electrons. The molecule has 20 heavy (non-hydrogen) atoms. The zero-order valence-electron chi connectivity index (χ0n) is 12.5. The summed E-state index contributed by atoms with van der Waals surface area (Å²) in [4.78, 5) is 0. The molecule has 2 aliphatic rings. The van der Waals surface area contributed by atoms with Gasteiger partial charge in [-0.3, -0.25) is 0 Å². The maximum absolute atomic E-state index is 13.2. The molecule has 1 fully saturated rings. The first-order valence-corrected chi connectivity index (χ1v) is 9.19. The highest BCUT2D eigenvalue weighted by Crippen LogP contribution is 2.34. The number of benzene rings is 1. The van der Waals surface area contributed by atoms with Crippen molar-refractivity contribution in [2.75, 3.05) is 14.1 Å². The molecule has 2 nitrogen and oxygen atoms in total. The highest BCUT2D eigenvalue weighted by Gasteiger charge is 2.44. The van der Waals surface area contributed by atoms with E-state index in [2.05, 4.69) is 50.5 Å². The first-order chi connectivity index (χ1) is 9.60. The molecule has 2 aliphatic carbocycles. The second-order valence-corrected chi connectivity index (χ2v) is 9.09. The molecule has 3 rings (SSSR count). The highest BCUT2D eigenvalue weighted by atomic mass is 28.3. The summed E-state index contributed by atoms with van der Waals surface area (Å²) in [6.07, 6.45) is 10.7. The third-order valence-electron chi connectivity index (χ3n) is 5.12. The Morgan fingerprint density at radius 1 is 1.10 bits per heavy atom. The van der Waals surface area contributed by atoms with Gasteiger partial charge in [0.25, 0.3) is 0 Å². The van der Waals surface area contributed by atoms with Gasteiger partial charge in [-0.15, -0.1) is 0 Å². The molecule has 1 aromatic rings. The number of rotatable bonds is 3. The van der Waals surface area contributed by atoms with Crippen LogP contribution in [0.1, 0.15) is 48.8 Å². The number of fused-ring (bicyclic) bond motifs is 1. The van der Waals surface area contributed by atoms with Gasteiger partial charge in [-0.1, -0.05) is 42.8 Å². The molecule has 1 atom stereocenters.